The minimum absolute atomic E-state index is 0.180. The van der Waals surface area contributed by atoms with Crippen molar-refractivity contribution in [2.45, 2.75) is 50.5 Å². The van der Waals surface area contributed by atoms with Gasteiger partial charge in [0.15, 0.2) is 0 Å². The summed E-state index contributed by atoms with van der Waals surface area (Å²) >= 11 is 0. The van der Waals surface area contributed by atoms with E-state index in [-0.39, 0.29) is 4.90 Å². The van der Waals surface area contributed by atoms with Gasteiger partial charge in [-0.15, -0.1) is 0 Å². The van der Waals surface area contributed by atoms with Crippen molar-refractivity contribution >= 4 is 15.7 Å². The van der Waals surface area contributed by atoms with Crippen LogP contribution >= 0.6 is 0 Å². The summed E-state index contributed by atoms with van der Waals surface area (Å²) in [4.78, 5) is 0.180. The van der Waals surface area contributed by atoms with Gasteiger partial charge in [0.25, 0.3) is 0 Å². The van der Waals surface area contributed by atoms with Crippen molar-refractivity contribution in [3.63, 3.8) is 0 Å². The third kappa shape index (κ3) is 3.70. The molecule has 2 rings (SSSR count). The highest BCUT2D eigenvalue weighted by Crippen LogP contribution is 2.36. The largest absolute Gasteiger partial charge is 0.381 e. The van der Waals surface area contributed by atoms with Gasteiger partial charge in [-0.2, -0.15) is 0 Å². The maximum absolute atomic E-state index is 11.5. The van der Waals surface area contributed by atoms with Gasteiger partial charge in [-0.1, -0.05) is 26.0 Å². The van der Waals surface area contributed by atoms with Gasteiger partial charge >= 0.3 is 0 Å². The minimum Gasteiger partial charge on any atom is -0.381 e. The minimum atomic E-state index is -3.67. The lowest BCUT2D eigenvalue weighted by Gasteiger charge is -2.35. The lowest BCUT2D eigenvalue weighted by molar-refractivity contribution is 0.232. The fourth-order valence-corrected chi connectivity index (χ4v) is 3.30. The first kappa shape index (κ1) is 14.3. The predicted octanol–water partition coefficient (Wildman–Crippen LogP) is 2.71. The van der Waals surface area contributed by atoms with Crippen LogP contribution in [0, 0.1) is 5.41 Å². The molecular weight excluding hydrogens is 260 g/mol. The van der Waals surface area contributed by atoms with E-state index in [1.54, 1.807) is 18.2 Å². The fourth-order valence-electron chi connectivity index (χ4n) is 2.60. The molecule has 4 nitrogen and oxygen atoms in total. The van der Waals surface area contributed by atoms with Crippen LogP contribution in [0.4, 0.5) is 5.69 Å². The second-order valence-electron chi connectivity index (χ2n) is 6.12. The lowest BCUT2D eigenvalue weighted by Crippen LogP contribution is -2.30. The van der Waals surface area contributed by atoms with E-state index in [1.165, 1.54) is 0 Å². The summed E-state index contributed by atoms with van der Waals surface area (Å²) in [6.07, 6.45) is 4.43. The first-order valence-corrected chi connectivity index (χ1v) is 8.21. The Morgan fingerprint density at radius 1 is 1.21 bits per heavy atom. The summed E-state index contributed by atoms with van der Waals surface area (Å²) in [6, 6.07) is 7.17. The summed E-state index contributed by atoms with van der Waals surface area (Å²) < 4.78 is 23.1. The summed E-state index contributed by atoms with van der Waals surface area (Å²) in [5, 5.41) is 8.57. The zero-order valence-electron chi connectivity index (χ0n) is 11.5. The Balaban J connectivity index is 2.13. The Morgan fingerprint density at radius 2 is 1.79 bits per heavy atom. The van der Waals surface area contributed by atoms with Gasteiger partial charge in [-0.25, -0.2) is 13.6 Å². The molecule has 0 aliphatic heterocycles. The van der Waals surface area contributed by atoms with Crippen molar-refractivity contribution in [1.82, 2.24) is 0 Å². The number of nitrogens with two attached hydrogens (primary N) is 1. The van der Waals surface area contributed by atoms with E-state index in [1.807, 2.05) is 6.07 Å². The molecule has 1 aliphatic rings. The summed E-state index contributed by atoms with van der Waals surface area (Å²) in [7, 11) is -3.67. The number of sulfonamides is 1. The number of rotatable bonds is 3. The Bertz CT molecular complexity index is 542. The second kappa shape index (κ2) is 5.13. The second-order valence-corrected chi connectivity index (χ2v) is 7.65. The monoisotopic (exact) mass is 282 g/mol. The van der Waals surface area contributed by atoms with Crippen molar-refractivity contribution in [2.75, 3.05) is 5.32 Å². The maximum atomic E-state index is 11.5. The van der Waals surface area contributed by atoms with Gasteiger partial charge in [-0.3, -0.25) is 0 Å². The van der Waals surface area contributed by atoms with Crippen molar-refractivity contribution < 1.29 is 8.42 Å². The molecule has 1 aromatic carbocycles. The summed E-state index contributed by atoms with van der Waals surface area (Å²) in [5.41, 5.74) is 1.02. The topological polar surface area (TPSA) is 72.2 Å². The molecular formula is C14H22N2O2S. The first-order valence-electron chi connectivity index (χ1n) is 6.66. The number of benzene rings is 1. The van der Waals surface area contributed by atoms with E-state index in [4.69, 9.17) is 5.14 Å². The highest BCUT2D eigenvalue weighted by molar-refractivity contribution is 7.89. The van der Waals surface area contributed by atoms with E-state index >= 15 is 0 Å². The molecule has 19 heavy (non-hydrogen) atoms. The average molecular weight is 282 g/mol. The third-order valence-electron chi connectivity index (χ3n) is 3.89. The van der Waals surface area contributed by atoms with E-state index in [2.05, 4.69) is 19.2 Å². The number of para-hydroxylation sites is 1. The van der Waals surface area contributed by atoms with Gasteiger partial charge in [0.1, 0.15) is 4.90 Å². The fraction of sp³-hybridized carbons (Fsp3) is 0.571. The van der Waals surface area contributed by atoms with Crippen LogP contribution in [0.2, 0.25) is 0 Å². The van der Waals surface area contributed by atoms with Crippen LogP contribution in [-0.4, -0.2) is 14.5 Å². The van der Waals surface area contributed by atoms with Crippen molar-refractivity contribution in [3.8, 4) is 0 Å². The van der Waals surface area contributed by atoms with Crippen molar-refractivity contribution in [3.05, 3.63) is 24.3 Å². The number of anilines is 1. The molecule has 106 valence electrons. The van der Waals surface area contributed by atoms with E-state index in [9.17, 15) is 8.42 Å². The predicted molar refractivity (Wildman–Crippen MR) is 77.5 cm³/mol. The van der Waals surface area contributed by atoms with Crippen LogP contribution < -0.4 is 10.5 Å². The molecule has 1 saturated carbocycles. The van der Waals surface area contributed by atoms with Crippen LogP contribution in [0.3, 0.4) is 0 Å². The van der Waals surface area contributed by atoms with Crippen LogP contribution in [0.15, 0.2) is 29.2 Å². The number of primary sulfonamides is 1. The Labute approximate surface area is 115 Å². The standard InChI is InChI=1S/C14H22N2O2S/c1-14(2)9-7-11(8-10-14)16-12-5-3-4-6-13(12)19(15,17)18/h3-6,11,16H,7-10H2,1-2H3,(H2,15,17,18). The van der Waals surface area contributed by atoms with Gasteiger partial charge in [0.2, 0.25) is 10.0 Å². The zero-order chi connectivity index (χ0) is 14.1. The van der Waals surface area contributed by atoms with Crippen LogP contribution in [0.1, 0.15) is 39.5 Å². The molecule has 0 atom stereocenters. The molecule has 5 heteroatoms. The first-order chi connectivity index (χ1) is 8.78. The molecule has 0 bridgehead atoms. The van der Waals surface area contributed by atoms with Crippen molar-refractivity contribution in [1.29, 1.82) is 0 Å². The molecule has 1 fully saturated rings. The van der Waals surface area contributed by atoms with Crippen LogP contribution in [0.5, 0.6) is 0 Å². The van der Waals surface area contributed by atoms with E-state index < -0.39 is 10.0 Å². The average Bonchev–Trinajstić information content (AvgIpc) is 2.31. The Kier molecular flexibility index (Phi) is 3.87. The molecule has 0 radical (unpaired) electrons. The Morgan fingerprint density at radius 3 is 2.37 bits per heavy atom. The zero-order valence-corrected chi connectivity index (χ0v) is 12.3. The molecule has 3 N–H and O–H groups in total. The highest BCUT2D eigenvalue weighted by Gasteiger charge is 2.27. The van der Waals surface area contributed by atoms with Gasteiger partial charge < -0.3 is 5.32 Å². The summed E-state index contributed by atoms with van der Waals surface area (Å²) in [5.74, 6) is 0. The van der Waals surface area contributed by atoms with E-state index in [0.29, 0.717) is 17.1 Å². The third-order valence-corrected chi connectivity index (χ3v) is 4.86. The number of nitrogens with one attached hydrogen (secondary N) is 1. The van der Waals surface area contributed by atoms with Crippen LogP contribution in [-0.2, 0) is 10.0 Å². The van der Waals surface area contributed by atoms with E-state index in [0.717, 1.165) is 25.7 Å². The van der Waals surface area contributed by atoms with Gasteiger partial charge in [-0.05, 0) is 43.2 Å². The molecule has 0 amide bonds. The lowest BCUT2D eigenvalue weighted by atomic mass is 9.75. The number of hydrogen-bond acceptors (Lipinski definition) is 3. The molecule has 0 spiro atoms. The molecule has 0 unspecified atom stereocenters. The Hall–Kier alpha value is -1.07. The van der Waals surface area contributed by atoms with Gasteiger partial charge in [0, 0.05) is 6.04 Å². The quantitative estimate of drug-likeness (QED) is 0.895. The SMILES string of the molecule is CC1(C)CCC(Nc2ccccc2S(N)(=O)=O)CC1. The maximum Gasteiger partial charge on any atom is 0.240 e. The van der Waals surface area contributed by atoms with Crippen molar-refractivity contribution in [2.24, 2.45) is 10.6 Å². The molecule has 0 heterocycles. The van der Waals surface area contributed by atoms with Gasteiger partial charge in [0.05, 0.1) is 5.69 Å². The normalized spacial score (nSPS) is 20.2. The highest BCUT2D eigenvalue weighted by atomic mass is 32.2. The smallest absolute Gasteiger partial charge is 0.240 e. The summed E-state index contributed by atoms with van der Waals surface area (Å²) in [6.45, 7) is 4.56. The molecule has 0 saturated heterocycles. The molecule has 1 aromatic rings. The van der Waals surface area contributed by atoms with Crippen LogP contribution in [0.25, 0.3) is 0 Å². The number of hydrogen-bond donors (Lipinski definition) is 2. The molecule has 1 aliphatic carbocycles. The molecule has 0 aromatic heterocycles.